The molecule has 2 heterocycles. The van der Waals surface area contributed by atoms with E-state index in [2.05, 4.69) is 0 Å². The van der Waals surface area contributed by atoms with Gasteiger partial charge in [0.05, 0.1) is 13.0 Å². The zero-order valence-corrected chi connectivity index (χ0v) is 12.0. The summed E-state index contributed by atoms with van der Waals surface area (Å²) in [4.78, 5) is 25.4. The molecule has 1 amide bonds. The van der Waals surface area contributed by atoms with E-state index in [9.17, 15) is 9.59 Å². The number of nitrogens with zero attached hydrogens (tertiary/aromatic N) is 1. The molecule has 2 aliphatic heterocycles. The number of fused-ring (bicyclic) bond motifs is 2. The van der Waals surface area contributed by atoms with Crippen molar-refractivity contribution in [1.82, 2.24) is 4.90 Å². The smallest absolute Gasteiger partial charge is 0.410 e. The summed E-state index contributed by atoms with van der Waals surface area (Å²) in [6.07, 6.45) is 0.708. The maximum atomic E-state index is 12.1. The lowest BCUT2D eigenvalue weighted by Crippen LogP contribution is -2.59. The molecular formula is C16H19NO4. The highest BCUT2D eigenvalue weighted by atomic mass is 16.6. The van der Waals surface area contributed by atoms with E-state index in [1.54, 1.807) is 4.90 Å². The molecule has 0 spiro atoms. The normalized spacial score (nSPS) is 26.7. The molecule has 1 aromatic rings. The SMILES string of the molecule is COC(=O)C1[C@@H]2C[C@H]1CN(C(=O)OCc1ccccc1)C2. The summed E-state index contributed by atoms with van der Waals surface area (Å²) in [6, 6.07) is 9.61. The van der Waals surface area contributed by atoms with Crippen molar-refractivity contribution in [3.63, 3.8) is 0 Å². The average Bonchev–Trinajstić information content (AvgIpc) is 2.53. The number of methoxy groups -OCH3 is 1. The van der Waals surface area contributed by atoms with Gasteiger partial charge in [-0.3, -0.25) is 4.79 Å². The highest BCUT2D eigenvalue weighted by molar-refractivity contribution is 5.75. The Kier molecular flexibility index (Phi) is 3.82. The fourth-order valence-electron chi connectivity index (χ4n) is 3.37. The maximum Gasteiger partial charge on any atom is 0.410 e. The van der Waals surface area contributed by atoms with Crippen molar-refractivity contribution in [2.24, 2.45) is 17.8 Å². The number of carbonyl (C=O) groups excluding carboxylic acids is 2. The van der Waals surface area contributed by atoms with Crippen LogP contribution in [0.5, 0.6) is 0 Å². The molecule has 3 fully saturated rings. The monoisotopic (exact) mass is 289 g/mol. The molecule has 1 aromatic carbocycles. The third-order valence-corrected chi connectivity index (χ3v) is 4.47. The van der Waals surface area contributed by atoms with Crippen molar-refractivity contribution in [1.29, 1.82) is 0 Å². The van der Waals surface area contributed by atoms with E-state index in [-0.39, 0.29) is 36.4 Å². The number of piperidine rings is 2. The third-order valence-electron chi connectivity index (χ3n) is 4.47. The molecule has 112 valence electrons. The minimum absolute atomic E-state index is 0.0341. The number of hydrogen-bond donors (Lipinski definition) is 0. The Bertz CT molecular complexity index is 518. The van der Waals surface area contributed by atoms with E-state index in [0.29, 0.717) is 13.1 Å². The molecule has 4 rings (SSSR count). The molecule has 1 unspecified atom stereocenters. The number of ether oxygens (including phenoxy) is 2. The van der Waals surface area contributed by atoms with Crippen molar-refractivity contribution < 1.29 is 19.1 Å². The molecule has 1 aliphatic carbocycles. The molecule has 5 nitrogen and oxygen atoms in total. The fourth-order valence-corrected chi connectivity index (χ4v) is 3.37. The van der Waals surface area contributed by atoms with Gasteiger partial charge in [0.15, 0.2) is 0 Å². The van der Waals surface area contributed by atoms with Crippen LogP contribution in [0.3, 0.4) is 0 Å². The van der Waals surface area contributed by atoms with Gasteiger partial charge in [0, 0.05) is 13.1 Å². The van der Waals surface area contributed by atoms with Crippen molar-refractivity contribution in [3.05, 3.63) is 35.9 Å². The quantitative estimate of drug-likeness (QED) is 0.799. The number of rotatable bonds is 3. The minimum atomic E-state index is -0.295. The molecule has 2 bridgehead atoms. The Morgan fingerprint density at radius 3 is 2.48 bits per heavy atom. The molecule has 0 N–H and O–H groups in total. The second kappa shape index (κ2) is 5.76. The third kappa shape index (κ3) is 2.73. The number of hydrogen-bond acceptors (Lipinski definition) is 4. The Hall–Kier alpha value is -2.04. The summed E-state index contributed by atoms with van der Waals surface area (Å²) < 4.78 is 10.1. The Balaban J connectivity index is 1.51. The van der Waals surface area contributed by atoms with Crippen LogP contribution < -0.4 is 0 Å². The van der Waals surface area contributed by atoms with E-state index >= 15 is 0 Å². The van der Waals surface area contributed by atoms with E-state index in [4.69, 9.17) is 9.47 Å². The molecule has 3 atom stereocenters. The molecule has 3 aliphatic rings. The van der Waals surface area contributed by atoms with Gasteiger partial charge in [-0.05, 0) is 23.8 Å². The van der Waals surface area contributed by atoms with E-state index < -0.39 is 0 Å². The van der Waals surface area contributed by atoms with Crippen molar-refractivity contribution >= 4 is 12.1 Å². The van der Waals surface area contributed by atoms with Crippen LogP contribution in [-0.2, 0) is 20.9 Å². The first-order valence-corrected chi connectivity index (χ1v) is 7.22. The summed E-state index contributed by atoms with van der Waals surface area (Å²) in [5.41, 5.74) is 0.973. The van der Waals surface area contributed by atoms with Gasteiger partial charge in [0.1, 0.15) is 6.61 Å². The van der Waals surface area contributed by atoms with Crippen LogP contribution in [0.25, 0.3) is 0 Å². The van der Waals surface area contributed by atoms with Crippen molar-refractivity contribution in [3.8, 4) is 0 Å². The minimum Gasteiger partial charge on any atom is -0.469 e. The number of carbonyl (C=O) groups is 2. The van der Waals surface area contributed by atoms with Crippen LogP contribution in [0.1, 0.15) is 12.0 Å². The van der Waals surface area contributed by atoms with Gasteiger partial charge >= 0.3 is 12.1 Å². The van der Waals surface area contributed by atoms with Crippen LogP contribution in [0, 0.1) is 17.8 Å². The molecule has 21 heavy (non-hydrogen) atoms. The highest BCUT2D eigenvalue weighted by Crippen LogP contribution is 2.46. The largest absolute Gasteiger partial charge is 0.469 e. The van der Waals surface area contributed by atoms with Crippen LogP contribution in [0.2, 0.25) is 0 Å². The first-order valence-electron chi connectivity index (χ1n) is 7.22. The van der Waals surface area contributed by atoms with Crippen molar-refractivity contribution in [2.45, 2.75) is 13.0 Å². The summed E-state index contributed by atoms with van der Waals surface area (Å²) >= 11 is 0. The Morgan fingerprint density at radius 1 is 1.19 bits per heavy atom. The topological polar surface area (TPSA) is 55.8 Å². The van der Waals surface area contributed by atoms with Gasteiger partial charge in [-0.15, -0.1) is 0 Å². The van der Waals surface area contributed by atoms with E-state index in [1.807, 2.05) is 30.3 Å². The van der Waals surface area contributed by atoms with Gasteiger partial charge in [0.25, 0.3) is 0 Å². The number of benzene rings is 1. The van der Waals surface area contributed by atoms with E-state index in [1.165, 1.54) is 7.11 Å². The molecular weight excluding hydrogens is 270 g/mol. The number of amides is 1. The first kappa shape index (κ1) is 13.9. The standard InChI is InChI=1S/C16H19NO4/c1-20-15(18)14-12-7-13(14)9-17(8-12)16(19)21-10-11-5-3-2-4-6-11/h2-6,12-14H,7-10H2,1H3/t12-,13+,14?. The maximum absolute atomic E-state index is 12.1. The molecule has 0 radical (unpaired) electrons. The fraction of sp³-hybridized carbons (Fsp3) is 0.500. The molecule has 5 heteroatoms. The average molecular weight is 289 g/mol. The van der Waals surface area contributed by atoms with Crippen molar-refractivity contribution in [2.75, 3.05) is 20.2 Å². The zero-order valence-electron chi connectivity index (χ0n) is 12.0. The predicted octanol–water partition coefficient (Wildman–Crippen LogP) is 2.06. The summed E-state index contributed by atoms with van der Waals surface area (Å²) in [5, 5.41) is 0. The van der Waals surface area contributed by atoms with Gasteiger partial charge in [-0.25, -0.2) is 4.79 Å². The van der Waals surface area contributed by atoms with Crippen LogP contribution in [-0.4, -0.2) is 37.2 Å². The summed E-state index contributed by atoms with van der Waals surface area (Å²) in [7, 11) is 1.42. The second-order valence-electron chi connectivity index (χ2n) is 5.75. The predicted molar refractivity (Wildman–Crippen MR) is 75.3 cm³/mol. The summed E-state index contributed by atoms with van der Waals surface area (Å²) in [5.74, 6) is 0.266. The second-order valence-corrected chi connectivity index (χ2v) is 5.75. The first-order chi connectivity index (χ1) is 10.2. The van der Waals surface area contributed by atoms with Crippen LogP contribution in [0.15, 0.2) is 30.3 Å². The van der Waals surface area contributed by atoms with Gasteiger partial charge in [0.2, 0.25) is 0 Å². The number of esters is 1. The molecule has 1 saturated carbocycles. The Morgan fingerprint density at radius 2 is 1.86 bits per heavy atom. The lowest BCUT2D eigenvalue weighted by Gasteiger charge is -2.51. The van der Waals surface area contributed by atoms with E-state index in [0.717, 1.165) is 12.0 Å². The zero-order chi connectivity index (χ0) is 14.8. The van der Waals surface area contributed by atoms with Gasteiger partial charge in [-0.2, -0.15) is 0 Å². The lowest BCUT2D eigenvalue weighted by atomic mass is 9.61. The highest BCUT2D eigenvalue weighted by Gasteiger charge is 2.52. The van der Waals surface area contributed by atoms with Crippen LogP contribution in [0.4, 0.5) is 4.79 Å². The molecule has 0 aromatic heterocycles. The summed E-state index contributed by atoms with van der Waals surface area (Å²) in [6.45, 7) is 1.46. The van der Waals surface area contributed by atoms with Gasteiger partial charge in [-0.1, -0.05) is 30.3 Å². The van der Waals surface area contributed by atoms with Gasteiger partial charge < -0.3 is 14.4 Å². The Labute approximate surface area is 123 Å². The van der Waals surface area contributed by atoms with Crippen LogP contribution >= 0.6 is 0 Å². The lowest BCUT2D eigenvalue weighted by molar-refractivity contribution is -0.162. The molecule has 2 saturated heterocycles.